The third-order valence-corrected chi connectivity index (χ3v) is 2.15. The molecule has 0 aromatic carbocycles. The average Bonchev–Trinajstić information content (AvgIpc) is 2.60. The Morgan fingerprint density at radius 2 is 2.07 bits per heavy atom. The molecule has 2 N–H and O–H groups in total. The van der Waals surface area contributed by atoms with Crippen LogP contribution in [0, 0.1) is 6.92 Å². The summed E-state index contributed by atoms with van der Waals surface area (Å²) in [5, 5.41) is 0. The zero-order valence-electron chi connectivity index (χ0n) is 9.78. The smallest absolute Gasteiger partial charge is 0.149 e. The van der Waals surface area contributed by atoms with Gasteiger partial charge in [0, 0.05) is 18.8 Å². The summed E-state index contributed by atoms with van der Waals surface area (Å²) in [6, 6.07) is 0. The molecule has 0 fully saturated rings. The average molecular weight is 206 g/mol. The van der Waals surface area contributed by atoms with Crippen molar-refractivity contribution in [3.63, 3.8) is 0 Å². The minimum Gasteiger partial charge on any atom is -0.382 e. The van der Waals surface area contributed by atoms with E-state index in [0.717, 1.165) is 23.5 Å². The van der Waals surface area contributed by atoms with Crippen LogP contribution in [0.2, 0.25) is 0 Å². The van der Waals surface area contributed by atoms with Crippen molar-refractivity contribution in [3.8, 4) is 0 Å². The van der Waals surface area contributed by atoms with E-state index in [1.807, 2.05) is 31.4 Å². The molecule has 0 amide bonds. The highest BCUT2D eigenvalue weighted by Crippen LogP contribution is 2.16. The first-order valence-corrected chi connectivity index (χ1v) is 5.32. The number of imidazole rings is 1. The van der Waals surface area contributed by atoms with E-state index in [4.69, 9.17) is 5.73 Å². The molecule has 0 saturated carbocycles. The van der Waals surface area contributed by atoms with E-state index in [2.05, 4.69) is 16.9 Å². The standard InChI is InChI=1S/C9H12N4.C2H6/c1-3-7-12-6(2)8-9(10)11-4-5-13(7)8;1-2/h4-5H,3H2,1-2H3,(H2,10,11);1-2H3. The van der Waals surface area contributed by atoms with Gasteiger partial charge >= 0.3 is 0 Å². The van der Waals surface area contributed by atoms with Gasteiger partial charge in [0.05, 0.1) is 5.69 Å². The highest BCUT2D eigenvalue weighted by molar-refractivity contribution is 5.68. The lowest BCUT2D eigenvalue weighted by Crippen LogP contribution is -1.97. The fourth-order valence-electron chi connectivity index (χ4n) is 1.56. The third kappa shape index (κ3) is 1.93. The van der Waals surface area contributed by atoms with Crippen molar-refractivity contribution in [1.29, 1.82) is 0 Å². The fraction of sp³-hybridized carbons (Fsp3) is 0.455. The van der Waals surface area contributed by atoms with Gasteiger partial charge in [-0.1, -0.05) is 20.8 Å². The van der Waals surface area contributed by atoms with Crippen molar-refractivity contribution in [2.75, 3.05) is 5.73 Å². The Kier molecular flexibility index (Phi) is 3.66. The quantitative estimate of drug-likeness (QED) is 0.778. The van der Waals surface area contributed by atoms with Crippen molar-refractivity contribution >= 4 is 11.3 Å². The van der Waals surface area contributed by atoms with E-state index in [9.17, 15) is 0 Å². The predicted octanol–water partition coefficient (Wildman–Crippen LogP) is 2.21. The number of hydrogen-bond acceptors (Lipinski definition) is 3. The molecule has 2 rings (SSSR count). The zero-order chi connectivity index (χ0) is 11.4. The summed E-state index contributed by atoms with van der Waals surface area (Å²) in [7, 11) is 0. The Morgan fingerprint density at radius 3 is 2.67 bits per heavy atom. The van der Waals surface area contributed by atoms with Gasteiger partial charge in [0.15, 0.2) is 0 Å². The summed E-state index contributed by atoms with van der Waals surface area (Å²) in [5.74, 6) is 1.58. The summed E-state index contributed by atoms with van der Waals surface area (Å²) >= 11 is 0. The molecular formula is C11H18N4. The number of fused-ring (bicyclic) bond motifs is 1. The number of nitrogen functional groups attached to an aromatic ring is 1. The van der Waals surface area contributed by atoms with Crippen LogP contribution in [0.25, 0.3) is 5.52 Å². The van der Waals surface area contributed by atoms with Crippen LogP contribution in [0.1, 0.15) is 32.3 Å². The van der Waals surface area contributed by atoms with Crippen molar-refractivity contribution in [1.82, 2.24) is 14.4 Å². The van der Waals surface area contributed by atoms with Crippen LogP contribution in [0.5, 0.6) is 0 Å². The van der Waals surface area contributed by atoms with Crippen LogP contribution >= 0.6 is 0 Å². The SMILES string of the molecule is CC.CCc1nc(C)c2c(N)nccn12. The van der Waals surface area contributed by atoms with Gasteiger partial charge in [-0.3, -0.25) is 4.40 Å². The lowest BCUT2D eigenvalue weighted by atomic mass is 10.4. The van der Waals surface area contributed by atoms with Crippen molar-refractivity contribution in [2.45, 2.75) is 34.1 Å². The summed E-state index contributed by atoms with van der Waals surface area (Å²) < 4.78 is 2.00. The van der Waals surface area contributed by atoms with Crippen molar-refractivity contribution in [2.24, 2.45) is 0 Å². The number of anilines is 1. The second kappa shape index (κ2) is 4.77. The monoisotopic (exact) mass is 206 g/mol. The van der Waals surface area contributed by atoms with Gasteiger partial charge in [0.1, 0.15) is 17.2 Å². The Hall–Kier alpha value is -1.58. The minimum atomic E-state index is 0.548. The molecule has 0 aliphatic carbocycles. The number of nitrogens with two attached hydrogens (primary N) is 1. The van der Waals surface area contributed by atoms with E-state index in [0.29, 0.717) is 5.82 Å². The third-order valence-electron chi connectivity index (χ3n) is 2.15. The van der Waals surface area contributed by atoms with Gasteiger partial charge in [-0.15, -0.1) is 0 Å². The molecule has 2 aromatic heterocycles. The highest BCUT2D eigenvalue weighted by Gasteiger charge is 2.08. The molecule has 4 heteroatoms. The molecule has 2 aromatic rings. The molecule has 2 heterocycles. The molecule has 15 heavy (non-hydrogen) atoms. The molecule has 0 saturated heterocycles. The number of aromatic nitrogens is 3. The molecule has 0 aliphatic rings. The largest absolute Gasteiger partial charge is 0.382 e. The topological polar surface area (TPSA) is 56.2 Å². The normalized spacial score (nSPS) is 9.87. The Balaban J connectivity index is 0.000000531. The van der Waals surface area contributed by atoms with Crippen LogP contribution in [0.15, 0.2) is 12.4 Å². The summed E-state index contributed by atoms with van der Waals surface area (Å²) in [6.07, 6.45) is 4.49. The molecule has 0 aliphatic heterocycles. The molecule has 0 atom stereocenters. The molecule has 0 spiro atoms. The summed E-state index contributed by atoms with van der Waals surface area (Å²) in [6.45, 7) is 8.03. The first kappa shape index (κ1) is 11.5. The summed E-state index contributed by atoms with van der Waals surface area (Å²) in [5.41, 5.74) is 7.63. The molecule has 0 unspecified atom stereocenters. The molecular weight excluding hydrogens is 188 g/mol. The van der Waals surface area contributed by atoms with Crippen LogP contribution < -0.4 is 5.73 Å². The highest BCUT2D eigenvalue weighted by atomic mass is 15.1. The van der Waals surface area contributed by atoms with Crippen LogP contribution in [-0.4, -0.2) is 14.4 Å². The van der Waals surface area contributed by atoms with Gasteiger partial charge in [0.25, 0.3) is 0 Å². The van der Waals surface area contributed by atoms with E-state index in [1.54, 1.807) is 6.20 Å². The number of hydrogen-bond donors (Lipinski definition) is 1. The van der Waals surface area contributed by atoms with Gasteiger partial charge < -0.3 is 5.73 Å². The molecule has 82 valence electrons. The van der Waals surface area contributed by atoms with E-state index in [1.165, 1.54) is 0 Å². The van der Waals surface area contributed by atoms with Crippen LogP contribution in [-0.2, 0) is 6.42 Å². The number of nitrogens with zero attached hydrogens (tertiary/aromatic N) is 3. The Morgan fingerprint density at radius 1 is 1.40 bits per heavy atom. The van der Waals surface area contributed by atoms with E-state index >= 15 is 0 Å². The molecule has 0 radical (unpaired) electrons. The fourth-order valence-corrected chi connectivity index (χ4v) is 1.56. The second-order valence-electron chi connectivity index (χ2n) is 3.00. The minimum absolute atomic E-state index is 0.548. The lowest BCUT2D eigenvalue weighted by Gasteiger charge is -1.99. The molecule has 0 bridgehead atoms. The van der Waals surface area contributed by atoms with Gasteiger partial charge in [0.2, 0.25) is 0 Å². The second-order valence-corrected chi connectivity index (χ2v) is 3.00. The predicted molar refractivity (Wildman–Crippen MR) is 62.9 cm³/mol. The maximum absolute atomic E-state index is 5.75. The lowest BCUT2D eigenvalue weighted by molar-refractivity contribution is 0.924. The Labute approximate surface area is 90.2 Å². The van der Waals surface area contributed by atoms with Gasteiger partial charge in [-0.05, 0) is 6.92 Å². The van der Waals surface area contributed by atoms with Crippen LogP contribution in [0.4, 0.5) is 5.82 Å². The molecule has 4 nitrogen and oxygen atoms in total. The van der Waals surface area contributed by atoms with Crippen molar-refractivity contribution in [3.05, 3.63) is 23.9 Å². The zero-order valence-corrected chi connectivity index (χ0v) is 9.78. The summed E-state index contributed by atoms with van der Waals surface area (Å²) in [4.78, 5) is 8.44. The van der Waals surface area contributed by atoms with Gasteiger partial charge in [-0.25, -0.2) is 9.97 Å². The maximum atomic E-state index is 5.75. The van der Waals surface area contributed by atoms with E-state index < -0.39 is 0 Å². The van der Waals surface area contributed by atoms with E-state index in [-0.39, 0.29) is 0 Å². The number of aryl methyl sites for hydroxylation is 2. The van der Waals surface area contributed by atoms with Gasteiger partial charge in [-0.2, -0.15) is 0 Å². The van der Waals surface area contributed by atoms with Crippen molar-refractivity contribution < 1.29 is 0 Å². The first-order valence-electron chi connectivity index (χ1n) is 5.32. The number of rotatable bonds is 1. The first-order chi connectivity index (χ1) is 7.24. The Bertz CT molecular complexity index is 445. The maximum Gasteiger partial charge on any atom is 0.149 e. The van der Waals surface area contributed by atoms with Crippen LogP contribution in [0.3, 0.4) is 0 Å².